The number of benzene rings is 1. The summed E-state index contributed by atoms with van der Waals surface area (Å²) in [7, 11) is -4.00. The Hall–Kier alpha value is -1.65. The molecule has 6 nitrogen and oxygen atoms in total. The molecule has 24 heavy (non-hydrogen) atoms. The van der Waals surface area contributed by atoms with Crippen LogP contribution in [0.4, 0.5) is 13.2 Å². The van der Waals surface area contributed by atoms with Crippen LogP contribution in [0.2, 0.25) is 0 Å². The quantitative estimate of drug-likeness (QED) is 0.704. The van der Waals surface area contributed by atoms with Gasteiger partial charge in [0.25, 0.3) is 5.91 Å². The molecule has 1 amide bonds. The fourth-order valence-corrected chi connectivity index (χ4v) is 3.82. The second kappa shape index (κ2) is 6.69. The van der Waals surface area contributed by atoms with Crippen LogP contribution in [0.5, 0.6) is 0 Å². The van der Waals surface area contributed by atoms with Gasteiger partial charge in [-0.05, 0) is 37.5 Å². The normalized spacial score (nSPS) is 17.2. The smallest absolute Gasteiger partial charge is 0.394 e. The van der Waals surface area contributed by atoms with Crippen molar-refractivity contribution in [3.8, 4) is 0 Å². The van der Waals surface area contributed by atoms with E-state index in [0.29, 0.717) is 12.8 Å². The van der Waals surface area contributed by atoms with Crippen LogP contribution in [-0.4, -0.2) is 44.3 Å². The van der Waals surface area contributed by atoms with E-state index >= 15 is 0 Å². The van der Waals surface area contributed by atoms with Crippen molar-refractivity contribution < 1.29 is 31.5 Å². The molecule has 0 spiro atoms. The molecule has 0 heterocycles. The molecule has 10 heteroatoms. The Balaban J connectivity index is 2.15. The van der Waals surface area contributed by atoms with Gasteiger partial charge in [0.2, 0.25) is 10.0 Å². The summed E-state index contributed by atoms with van der Waals surface area (Å²) in [6, 6.07) is 4.71. The highest BCUT2D eigenvalue weighted by Crippen LogP contribution is 2.32. The first-order chi connectivity index (χ1) is 11.1. The summed E-state index contributed by atoms with van der Waals surface area (Å²) in [6.45, 7) is -1.85. The molecule has 1 saturated carbocycles. The minimum atomic E-state index is -4.56. The van der Waals surface area contributed by atoms with Gasteiger partial charge in [0.15, 0.2) is 0 Å². The van der Waals surface area contributed by atoms with Gasteiger partial charge < -0.3 is 10.4 Å². The molecule has 3 N–H and O–H groups in total. The number of carbonyl (C=O) groups is 1. The molecular formula is C14H17F3N2O4S. The van der Waals surface area contributed by atoms with E-state index in [4.69, 9.17) is 0 Å². The lowest BCUT2D eigenvalue weighted by molar-refractivity contribution is -0.123. The molecule has 1 aliphatic carbocycles. The zero-order valence-corrected chi connectivity index (χ0v) is 13.4. The summed E-state index contributed by atoms with van der Waals surface area (Å²) < 4.78 is 63.5. The number of nitrogens with one attached hydrogen (secondary N) is 2. The SMILES string of the molecule is O=C(NCC(F)(F)F)c1cccc(S(=O)(=O)NC2(CO)CCC2)c1. The number of halogens is 3. The predicted molar refractivity (Wildman–Crippen MR) is 78.8 cm³/mol. The molecule has 1 fully saturated rings. The van der Waals surface area contributed by atoms with Crippen molar-refractivity contribution in [1.82, 2.24) is 10.0 Å². The molecule has 0 saturated heterocycles. The van der Waals surface area contributed by atoms with E-state index < -0.39 is 34.2 Å². The molecule has 0 atom stereocenters. The van der Waals surface area contributed by atoms with Crippen LogP contribution < -0.4 is 10.0 Å². The van der Waals surface area contributed by atoms with Gasteiger partial charge in [0.05, 0.1) is 17.0 Å². The number of aliphatic hydroxyl groups is 1. The molecule has 2 rings (SSSR count). The summed E-state index contributed by atoms with van der Waals surface area (Å²) in [4.78, 5) is 11.5. The summed E-state index contributed by atoms with van der Waals surface area (Å²) in [5.41, 5.74) is -1.11. The largest absolute Gasteiger partial charge is 0.405 e. The molecule has 0 radical (unpaired) electrons. The third kappa shape index (κ3) is 4.46. The van der Waals surface area contributed by atoms with Crippen molar-refractivity contribution in [2.75, 3.05) is 13.2 Å². The minimum absolute atomic E-state index is 0.200. The number of alkyl halides is 3. The van der Waals surface area contributed by atoms with Crippen molar-refractivity contribution in [1.29, 1.82) is 0 Å². The molecule has 1 aliphatic rings. The van der Waals surface area contributed by atoms with Crippen molar-refractivity contribution in [3.63, 3.8) is 0 Å². The maximum Gasteiger partial charge on any atom is 0.405 e. The lowest BCUT2D eigenvalue weighted by Crippen LogP contribution is -2.55. The van der Waals surface area contributed by atoms with Gasteiger partial charge in [-0.3, -0.25) is 4.79 Å². The molecule has 134 valence electrons. The molecule has 0 bridgehead atoms. The fourth-order valence-electron chi connectivity index (χ4n) is 2.33. The third-order valence-electron chi connectivity index (χ3n) is 3.82. The topological polar surface area (TPSA) is 95.5 Å². The zero-order chi connectivity index (χ0) is 18.0. The van der Waals surface area contributed by atoms with Gasteiger partial charge in [0.1, 0.15) is 6.54 Å². The number of amides is 1. The van der Waals surface area contributed by atoms with Crippen molar-refractivity contribution in [3.05, 3.63) is 29.8 Å². The first-order valence-corrected chi connectivity index (χ1v) is 8.65. The lowest BCUT2D eigenvalue weighted by Gasteiger charge is -2.40. The average molecular weight is 366 g/mol. The average Bonchev–Trinajstić information content (AvgIpc) is 2.48. The molecule has 1 aromatic rings. The highest BCUT2D eigenvalue weighted by Gasteiger charge is 2.40. The van der Waals surface area contributed by atoms with Crippen LogP contribution in [0.3, 0.4) is 0 Å². The Bertz CT molecular complexity index is 709. The van der Waals surface area contributed by atoms with Crippen LogP contribution in [0, 0.1) is 0 Å². The second-order valence-corrected chi connectivity index (χ2v) is 7.41. The van der Waals surface area contributed by atoms with Gasteiger partial charge in [-0.2, -0.15) is 13.2 Å². The van der Waals surface area contributed by atoms with Crippen LogP contribution >= 0.6 is 0 Å². The third-order valence-corrected chi connectivity index (χ3v) is 5.40. The van der Waals surface area contributed by atoms with E-state index in [1.807, 2.05) is 0 Å². The molecule has 0 aliphatic heterocycles. The van der Waals surface area contributed by atoms with Gasteiger partial charge in [-0.25, -0.2) is 13.1 Å². The zero-order valence-electron chi connectivity index (χ0n) is 12.6. The van der Waals surface area contributed by atoms with Crippen LogP contribution in [0.15, 0.2) is 29.2 Å². The van der Waals surface area contributed by atoms with Crippen molar-refractivity contribution in [2.45, 2.75) is 35.9 Å². The second-order valence-electron chi connectivity index (χ2n) is 5.72. The van der Waals surface area contributed by atoms with E-state index in [2.05, 4.69) is 4.72 Å². The number of hydrogen-bond acceptors (Lipinski definition) is 4. The highest BCUT2D eigenvalue weighted by atomic mass is 32.2. The van der Waals surface area contributed by atoms with E-state index in [9.17, 15) is 31.5 Å². The lowest BCUT2D eigenvalue weighted by atomic mass is 9.78. The Morgan fingerprint density at radius 2 is 1.96 bits per heavy atom. The van der Waals surface area contributed by atoms with Gasteiger partial charge in [-0.15, -0.1) is 0 Å². The van der Waals surface area contributed by atoms with E-state index in [1.54, 1.807) is 5.32 Å². The number of sulfonamides is 1. The molecular weight excluding hydrogens is 349 g/mol. The minimum Gasteiger partial charge on any atom is -0.394 e. The Labute approximate surface area is 137 Å². The highest BCUT2D eigenvalue weighted by molar-refractivity contribution is 7.89. The van der Waals surface area contributed by atoms with Crippen LogP contribution in [0.25, 0.3) is 0 Å². The number of rotatable bonds is 6. The van der Waals surface area contributed by atoms with Crippen LogP contribution in [0.1, 0.15) is 29.6 Å². The predicted octanol–water partition coefficient (Wildman–Crippen LogP) is 1.17. The standard InChI is InChI=1S/C14H17F3N2O4S/c15-14(16,17)8-18-12(21)10-3-1-4-11(7-10)24(22,23)19-13(9-20)5-2-6-13/h1,3-4,7,19-20H,2,5-6,8-9H2,(H,18,21). The van der Waals surface area contributed by atoms with E-state index in [0.717, 1.165) is 12.5 Å². The Morgan fingerprint density at radius 3 is 2.46 bits per heavy atom. The number of hydrogen-bond donors (Lipinski definition) is 3. The van der Waals surface area contributed by atoms with Crippen molar-refractivity contribution in [2.24, 2.45) is 0 Å². The van der Waals surface area contributed by atoms with Gasteiger partial charge in [-0.1, -0.05) is 6.07 Å². The van der Waals surface area contributed by atoms with Gasteiger partial charge >= 0.3 is 6.18 Å². The summed E-state index contributed by atoms with van der Waals surface area (Å²) in [5, 5.41) is 11.0. The number of carbonyl (C=O) groups excluding carboxylic acids is 1. The van der Waals surface area contributed by atoms with Gasteiger partial charge in [0, 0.05) is 5.56 Å². The Kier molecular flexibility index (Phi) is 5.21. The number of aliphatic hydroxyl groups excluding tert-OH is 1. The van der Waals surface area contributed by atoms with Crippen LogP contribution in [-0.2, 0) is 10.0 Å². The maximum absolute atomic E-state index is 12.4. The molecule has 0 unspecified atom stereocenters. The monoisotopic (exact) mass is 366 g/mol. The summed E-state index contributed by atoms with van der Waals surface area (Å²) in [5.74, 6) is -1.02. The first-order valence-electron chi connectivity index (χ1n) is 7.17. The summed E-state index contributed by atoms with van der Waals surface area (Å²) in [6.07, 6.45) is -2.79. The molecule has 0 aromatic heterocycles. The van der Waals surface area contributed by atoms with Crippen molar-refractivity contribution >= 4 is 15.9 Å². The summed E-state index contributed by atoms with van der Waals surface area (Å²) >= 11 is 0. The Morgan fingerprint density at radius 1 is 1.29 bits per heavy atom. The fraction of sp³-hybridized carbons (Fsp3) is 0.500. The van der Waals surface area contributed by atoms with E-state index in [-0.39, 0.29) is 17.1 Å². The molecule has 1 aromatic carbocycles. The first kappa shape index (κ1) is 18.7. The van der Waals surface area contributed by atoms with E-state index in [1.165, 1.54) is 18.2 Å². The maximum atomic E-state index is 12.4.